The first kappa shape index (κ1) is 22.7. The maximum atomic E-state index is 5.69. The number of halogens is 1. The van der Waals surface area contributed by atoms with Crippen LogP contribution in [0.15, 0.2) is 34.6 Å². The van der Waals surface area contributed by atoms with Crippen molar-refractivity contribution in [3.05, 3.63) is 45.9 Å². The van der Waals surface area contributed by atoms with Crippen LogP contribution in [0.1, 0.15) is 30.1 Å². The Kier molecular flexibility index (Phi) is 10.6. The summed E-state index contributed by atoms with van der Waals surface area (Å²) in [5, 5.41) is 6.56. The molecule has 0 fully saturated rings. The molecular formula is C19H29IN4OS. The van der Waals surface area contributed by atoms with Crippen molar-refractivity contribution in [3.63, 3.8) is 0 Å². The Morgan fingerprint density at radius 1 is 1.31 bits per heavy atom. The molecule has 1 aromatic heterocycles. The lowest BCUT2D eigenvalue weighted by molar-refractivity contribution is 0.336. The fourth-order valence-electron chi connectivity index (χ4n) is 2.56. The smallest absolute Gasteiger partial charge is 0.194 e. The van der Waals surface area contributed by atoms with E-state index in [1.54, 1.807) is 11.3 Å². The Morgan fingerprint density at radius 3 is 2.73 bits per heavy atom. The third-order valence-electron chi connectivity index (χ3n) is 3.68. The van der Waals surface area contributed by atoms with Crippen molar-refractivity contribution in [2.24, 2.45) is 4.99 Å². The molecule has 0 amide bonds. The molecule has 1 heterocycles. The normalized spacial score (nSPS) is 11.0. The van der Waals surface area contributed by atoms with Gasteiger partial charge in [-0.2, -0.15) is 0 Å². The van der Waals surface area contributed by atoms with E-state index in [9.17, 15) is 0 Å². The van der Waals surface area contributed by atoms with E-state index in [1.807, 2.05) is 39.1 Å². The van der Waals surface area contributed by atoms with E-state index < -0.39 is 0 Å². The summed E-state index contributed by atoms with van der Waals surface area (Å²) in [5.41, 5.74) is 2.28. The van der Waals surface area contributed by atoms with Gasteiger partial charge < -0.3 is 15.0 Å². The number of benzene rings is 1. The third-order valence-corrected chi connectivity index (χ3v) is 4.50. The fourth-order valence-corrected chi connectivity index (χ4v) is 3.16. The van der Waals surface area contributed by atoms with E-state index in [0.717, 1.165) is 41.9 Å². The van der Waals surface area contributed by atoms with Crippen molar-refractivity contribution < 1.29 is 4.74 Å². The van der Waals surface area contributed by atoms with Gasteiger partial charge in [0.15, 0.2) is 5.96 Å². The highest BCUT2D eigenvalue weighted by Gasteiger charge is 2.09. The van der Waals surface area contributed by atoms with Crippen molar-refractivity contribution in [1.29, 1.82) is 0 Å². The second kappa shape index (κ2) is 12.1. The van der Waals surface area contributed by atoms with E-state index in [-0.39, 0.29) is 24.0 Å². The van der Waals surface area contributed by atoms with Crippen LogP contribution in [0.3, 0.4) is 0 Å². The number of ether oxygens (including phenoxy) is 1. The minimum Gasteiger partial charge on any atom is -0.494 e. The van der Waals surface area contributed by atoms with Crippen LogP contribution >= 0.6 is 35.3 Å². The van der Waals surface area contributed by atoms with Crippen LogP contribution in [0.5, 0.6) is 5.75 Å². The number of nitrogens with one attached hydrogen (secondary N) is 1. The Hall–Kier alpha value is -1.35. The van der Waals surface area contributed by atoms with E-state index in [1.165, 1.54) is 5.56 Å². The molecule has 0 aliphatic heterocycles. The molecule has 0 atom stereocenters. The molecule has 0 bridgehead atoms. The zero-order chi connectivity index (χ0) is 18.1. The van der Waals surface area contributed by atoms with Crippen LogP contribution < -0.4 is 10.1 Å². The summed E-state index contributed by atoms with van der Waals surface area (Å²) in [5.74, 6) is 1.86. The lowest BCUT2D eigenvalue weighted by atomic mass is 10.1. The highest BCUT2D eigenvalue weighted by molar-refractivity contribution is 14.0. The molecule has 0 saturated carbocycles. The SMILES string of the molecule is CCNC(=NCCc1ccccc1OCC)N(C)Cc1csc(C)n1.I. The first-order valence-corrected chi connectivity index (χ1v) is 9.63. The van der Waals surface area contributed by atoms with Gasteiger partial charge in [-0.1, -0.05) is 18.2 Å². The van der Waals surface area contributed by atoms with Crippen LogP contribution in [0.2, 0.25) is 0 Å². The van der Waals surface area contributed by atoms with Gasteiger partial charge in [0, 0.05) is 25.5 Å². The number of aliphatic imine (C=N–C) groups is 1. The summed E-state index contributed by atoms with van der Waals surface area (Å²) in [4.78, 5) is 11.4. The summed E-state index contributed by atoms with van der Waals surface area (Å²) >= 11 is 1.68. The zero-order valence-corrected chi connectivity index (χ0v) is 19.1. The van der Waals surface area contributed by atoms with E-state index in [4.69, 9.17) is 9.73 Å². The highest BCUT2D eigenvalue weighted by Crippen LogP contribution is 2.18. The number of aromatic nitrogens is 1. The van der Waals surface area contributed by atoms with Gasteiger partial charge in [0.25, 0.3) is 0 Å². The molecule has 0 radical (unpaired) electrons. The molecule has 0 unspecified atom stereocenters. The van der Waals surface area contributed by atoms with Gasteiger partial charge in [-0.15, -0.1) is 35.3 Å². The Bertz CT molecular complexity index is 690. The molecule has 2 rings (SSSR count). The van der Waals surface area contributed by atoms with Gasteiger partial charge in [-0.05, 0) is 38.8 Å². The summed E-state index contributed by atoms with van der Waals surface area (Å²) in [6.07, 6.45) is 0.856. The van der Waals surface area contributed by atoms with Crippen LogP contribution in [-0.2, 0) is 13.0 Å². The summed E-state index contributed by atoms with van der Waals surface area (Å²) in [7, 11) is 2.05. The van der Waals surface area contributed by atoms with E-state index in [0.29, 0.717) is 13.2 Å². The molecule has 26 heavy (non-hydrogen) atoms. The quantitative estimate of drug-likeness (QED) is 0.345. The third kappa shape index (κ3) is 7.11. The molecule has 1 aromatic carbocycles. The molecule has 0 aliphatic rings. The van der Waals surface area contributed by atoms with Gasteiger partial charge in [-0.25, -0.2) is 4.98 Å². The van der Waals surface area contributed by atoms with Gasteiger partial charge >= 0.3 is 0 Å². The molecule has 144 valence electrons. The van der Waals surface area contributed by atoms with E-state index >= 15 is 0 Å². The Balaban J connectivity index is 0.00000338. The lowest BCUT2D eigenvalue weighted by Crippen LogP contribution is -2.38. The van der Waals surface area contributed by atoms with E-state index in [2.05, 4.69) is 33.6 Å². The number of nitrogens with zero attached hydrogens (tertiary/aromatic N) is 3. The molecular weight excluding hydrogens is 459 g/mol. The average Bonchev–Trinajstić information content (AvgIpc) is 3.00. The predicted molar refractivity (Wildman–Crippen MR) is 121 cm³/mol. The minimum absolute atomic E-state index is 0. The maximum absolute atomic E-state index is 5.69. The lowest BCUT2D eigenvalue weighted by Gasteiger charge is -2.21. The van der Waals surface area contributed by atoms with Crippen molar-refractivity contribution in [3.8, 4) is 5.75 Å². The largest absolute Gasteiger partial charge is 0.494 e. The van der Waals surface area contributed by atoms with Crippen LogP contribution in [0, 0.1) is 6.92 Å². The molecule has 1 N–H and O–H groups in total. The number of rotatable bonds is 8. The second-order valence-electron chi connectivity index (χ2n) is 5.74. The molecule has 2 aromatic rings. The summed E-state index contributed by atoms with van der Waals surface area (Å²) in [6.45, 7) is 9.11. The number of aryl methyl sites for hydroxylation is 1. The summed E-state index contributed by atoms with van der Waals surface area (Å²) in [6, 6.07) is 8.18. The first-order chi connectivity index (χ1) is 12.1. The highest BCUT2D eigenvalue weighted by atomic mass is 127. The number of para-hydroxylation sites is 1. The maximum Gasteiger partial charge on any atom is 0.194 e. The zero-order valence-electron chi connectivity index (χ0n) is 16.0. The standard InChI is InChI=1S/C19H28N4OS.HI/c1-5-20-19(23(4)13-17-14-25-15(3)22-17)21-12-11-16-9-7-8-10-18(16)24-6-2;/h7-10,14H,5-6,11-13H2,1-4H3,(H,20,21);1H. The van der Waals surface area contributed by atoms with Crippen LogP contribution in [0.4, 0.5) is 0 Å². The molecule has 0 spiro atoms. The molecule has 7 heteroatoms. The van der Waals surface area contributed by atoms with Gasteiger partial charge in [0.05, 0.1) is 23.9 Å². The topological polar surface area (TPSA) is 49.8 Å². The first-order valence-electron chi connectivity index (χ1n) is 8.75. The number of guanidine groups is 1. The number of hydrogen-bond donors (Lipinski definition) is 1. The molecule has 0 aliphatic carbocycles. The molecule has 0 saturated heterocycles. The second-order valence-corrected chi connectivity index (χ2v) is 6.80. The van der Waals surface area contributed by atoms with Crippen molar-refractivity contribution in [2.45, 2.75) is 33.7 Å². The number of thiazole rings is 1. The van der Waals surface area contributed by atoms with Gasteiger partial charge in [0.1, 0.15) is 5.75 Å². The van der Waals surface area contributed by atoms with Gasteiger partial charge in [-0.3, -0.25) is 4.99 Å². The molecule has 5 nitrogen and oxygen atoms in total. The Labute approximate surface area is 177 Å². The van der Waals surface area contributed by atoms with Crippen molar-refractivity contribution in [1.82, 2.24) is 15.2 Å². The average molecular weight is 488 g/mol. The van der Waals surface area contributed by atoms with Crippen LogP contribution in [0.25, 0.3) is 0 Å². The van der Waals surface area contributed by atoms with Gasteiger partial charge in [0.2, 0.25) is 0 Å². The number of hydrogen-bond acceptors (Lipinski definition) is 4. The predicted octanol–water partition coefficient (Wildman–Crippen LogP) is 4.11. The Morgan fingerprint density at radius 2 is 2.08 bits per heavy atom. The minimum atomic E-state index is 0. The monoisotopic (exact) mass is 488 g/mol. The van der Waals surface area contributed by atoms with Crippen LogP contribution in [-0.4, -0.2) is 42.6 Å². The van der Waals surface area contributed by atoms with Crippen molar-refractivity contribution in [2.75, 3.05) is 26.7 Å². The fraction of sp³-hybridized carbons (Fsp3) is 0.474. The van der Waals surface area contributed by atoms with Crippen molar-refractivity contribution >= 4 is 41.3 Å². The summed E-state index contributed by atoms with van der Waals surface area (Å²) < 4.78 is 5.69.